The number of rotatable bonds is 8. The third-order valence-corrected chi connectivity index (χ3v) is 4.04. The third kappa shape index (κ3) is 4.50. The van der Waals surface area contributed by atoms with Crippen molar-refractivity contribution in [3.63, 3.8) is 0 Å². The summed E-state index contributed by atoms with van der Waals surface area (Å²) >= 11 is 0. The molecule has 0 aromatic heterocycles. The first-order valence-electron chi connectivity index (χ1n) is 7.75. The lowest BCUT2D eigenvalue weighted by molar-refractivity contribution is 0.0984. The van der Waals surface area contributed by atoms with Crippen LogP contribution < -0.4 is 4.74 Å². The second-order valence-electron chi connectivity index (χ2n) is 5.87. The monoisotopic (exact) mass is 277 g/mol. The van der Waals surface area contributed by atoms with Gasteiger partial charge in [0.2, 0.25) is 0 Å². The van der Waals surface area contributed by atoms with E-state index in [2.05, 4.69) is 36.9 Å². The van der Waals surface area contributed by atoms with E-state index in [9.17, 15) is 0 Å². The van der Waals surface area contributed by atoms with Gasteiger partial charge in [-0.3, -0.25) is 4.90 Å². The highest BCUT2D eigenvalue weighted by Gasteiger charge is 2.24. The molecule has 1 saturated carbocycles. The molecule has 1 fully saturated rings. The van der Waals surface area contributed by atoms with Gasteiger partial charge in [-0.1, -0.05) is 12.5 Å². The van der Waals surface area contributed by atoms with E-state index in [1.54, 1.807) is 0 Å². The van der Waals surface area contributed by atoms with E-state index in [0.29, 0.717) is 6.04 Å². The van der Waals surface area contributed by atoms with Crippen LogP contribution in [0.2, 0.25) is 0 Å². The zero-order valence-electron chi connectivity index (χ0n) is 12.8. The van der Waals surface area contributed by atoms with Crippen LogP contribution >= 0.6 is 0 Å². The van der Waals surface area contributed by atoms with Gasteiger partial charge in [-0.25, -0.2) is 0 Å². The molecule has 1 aliphatic carbocycles. The van der Waals surface area contributed by atoms with Crippen molar-refractivity contribution in [1.29, 1.82) is 0 Å². The molecular weight excluding hydrogens is 250 g/mol. The van der Waals surface area contributed by atoms with Crippen LogP contribution in [0, 0.1) is 13.8 Å². The Balaban J connectivity index is 1.79. The molecule has 1 aliphatic rings. The summed E-state index contributed by atoms with van der Waals surface area (Å²) in [6, 6.07) is 7.06. The lowest BCUT2D eigenvalue weighted by Crippen LogP contribution is -2.43. The van der Waals surface area contributed by atoms with Crippen LogP contribution in [0.1, 0.15) is 36.8 Å². The Bertz CT molecular complexity index is 395. The molecule has 0 bridgehead atoms. The average molecular weight is 277 g/mol. The number of ether oxygens (including phenoxy) is 1. The molecule has 0 atom stereocenters. The fourth-order valence-electron chi connectivity index (χ4n) is 2.80. The fraction of sp³-hybridized carbons (Fsp3) is 0.647. The van der Waals surface area contributed by atoms with Crippen molar-refractivity contribution < 1.29 is 9.84 Å². The SMILES string of the molecule is Cc1cc(C)cc(OCCN(CCCO)C2CCC2)c1. The maximum Gasteiger partial charge on any atom is 0.119 e. The van der Waals surface area contributed by atoms with Crippen LogP contribution in [-0.2, 0) is 0 Å². The predicted molar refractivity (Wildman–Crippen MR) is 82.3 cm³/mol. The number of aliphatic hydroxyl groups is 1. The molecule has 0 aliphatic heterocycles. The number of hydrogen-bond donors (Lipinski definition) is 1. The van der Waals surface area contributed by atoms with E-state index >= 15 is 0 Å². The fourth-order valence-corrected chi connectivity index (χ4v) is 2.80. The molecule has 0 spiro atoms. The summed E-state index contributed by atoms with van der Waals surface area (Å²) in [5.41, 5.74) is 2.49. The first-order chi connectivity index (χ1) is 9.69. The quantitative estimate of drug-likeness (QED) is 0.793. The van der Waals surface area contributed by atoms with E-state index in [4.69, 9.17) is 9.84 Å². The number of aliphatic hydroxyl groups excluding tert-OH is 1. The Morgan fingerprint density at radius 2 is 1.85 bits per heavy atom. The Labute approximate surface area is 122 Å². The first kappa shape index (κ1) is 15.3. The molecule has 1 N–H and O–H groups in total. The number of benzene rings is 1. The van der Waals surface area contributed by atoms with E-state index in [-0.39, 0.29) is 6.61 Å². The standard InChI is InChI=1S/C17H27NO2/c1-14-11-15(2)13-17(12-14)20-10-8-18(7-4-9-19)16-5-3-6-16/h11-13,16,19H,3-10H2,1-2H3. The van der Waals surface area contributed by atoms with Gasteiger partial charge >= 0.3 is 0 Å². The summed E-state index contributed by atoms with van der Waals surface area (Å²) in [7, 11) is 0. The molecule has 1 aromatic rings. The molecule has 20 heavy (non-hydrogen) atoms. The van der Waals surface area contributed by atoms with Crippen LogP contribution in [0.4, 0.5) is 0 Å². The summed E-state index contributed by atoms with van der Waals surface area (Å²) in [6.07, 6.45) is 4.81. The number of nitrogens with zero attached hydrogens (tertiary/aromatic N) is 1. The van der Waals surface area contributed by atoms with Gasteiger partial charge in [0.05, 0.1) is 0 Å². The van der Waals surface area contributed by atoms with E-state index < -0.39 is 0 Å². The summed E-state index contributed by atoms with van der Waals surface area (Å²) in [5, 5.41) is 8.99. The number of hydrogen-bond acceptors (Lipinski definition) is 3. The predicted octanol–water partition coefficient (Wildman–Crippen LogP) is 2.92. The maximum atomic E-state index is 8.99. The topological polar surface area (TPSA) is 32.7 Å². The Morgan fingerprint density at radius 1 is 1.15 bits per heavy atom. The first-order valence-corrected chi connectivity index (χ1v) is 7.75. The van der Waals surface area contributed by atoms with E-state index in [0.717, 1.165) is 31.9 Å². The van der Waals surface area contributed by atoms with Gasteiger partial charge in [0.25, 0.3) is 0 Å². The second-order valence-corrected chi connectivity index (χ2v) is 5.87. The normalized spacial score (nSPS) is 15.4. The minimum atomic E-state index is 0.279. The zero-order chi connectivity index (χ0) is 14.4. The maximum absolute atomic E-state index is 8.99. The minimum Gasteiger partial charge on any atom is -0.492 e. The summed E-state index contributed by atoms with van der Waals surface area (Å²) in [6.45, 7) is 7.14. The molecule has 0 unspecified atom stereocenters. The lowest BCUT2D eigenvalue weighted by atomic mass is 9.91. The highest BCUT2D eigenvalue weighted by atomic mass is 16.5. The lowest BCUT2D eigenvalue weighted by Gasteiger charge is -2.37. The molecule has 0 heterocycles. The van der Waals surface area contributed by atoms with Gasteiger partial charge in [-0.15, -0.1) is 0 Å². The van der Waals surface area contributed by atoms with Crippen molar-refractivity contribution in [3.8, 4) is 5.75 Å². The van der Waals surface area contributed by atoms with Crippen LogP contribution in [-0.4, -0.2) is 42.4 Å². The van der Waals surface area contributed by atoms with E-state index in [1.807, 2.05) is 0 Å². The summed E-state index contributed by atoms with van der Waals surface area (Å²) < 4.78 is 5.89. The Morgan fingerprint density at radius 3 is 2.40 bits per heavy atom. The smallest absolute Gasteiger partial charge is 0.119 e. The van der Waals surface area contributed by atoms with Crippen LogP contribution in [0.15, 0.2) is 18.2 Å². The Hall–Kier alpha value is -1.06. The Kier molecular flexibility index (Phi) is 5.86. The molecule has 112 valence electrons. The van der Waals surface area contributed by atoms with Gasteiger partial charge in [0.15, 0.2) is 0 Å². The van der Waals surface area contributed by atoms with Crippen molar-refractivity contribution in [2.45, 2.75) is 45.6 Å². The van der Waals surface area contributed by atoms with Gasteiger partial charge in [0, 0.05) is 25.7 Å². The molecule has 0 radical (unpaired) electrons. The van der Waals surface area contributed by atoms with Gasteiger partial charge in [-0.05, 0) is 56.4 Å². The zero-order valence-corrected chi connectivity index (χ0v) is 12.8. The second kappa shape index (κ2) is 7.65. The van der Waals surface area contributed by atoms with Crippen molar-refractivity contribution >= 4 is 0 Å². The molecule has 0 amide bonds. The highest BCUT2D eigenvalue weighted by Crippen LogP contribution is 2.24. The summed E-state index contributed by atoms with van der Waals surface area (Å²) in [5.74, 6) is 0.971. The average Bonchev–Trinajstić information content (AvgIpc) is 2.32. The van der Waals surface area contributed by atoms with Crippen LogP contribution in [0.3, 0.4) is 0 Å². The summed E-state index contributed by atoms with van der Waals surface area (Å²) in [4.78, 5) is 2.47. The van der Waals surface area contributed by atoms with Gasteiger partial charge in [0.1, 0.15) is 12.4 Å². The van der Waals surface area contributed by atoms with Crippen molar-refractivity contribution in [2.75, 3.05) is 26.3 Å². The minimum absolute atomic E-state index is 0.279. The van der Waals surface area contributed by atoms with Crippen molar-refractivity contribution in [1.82, 2.24) is 4.90 Å². The largest absolute Gasteiger partial charge is 0.492 e. The number of aryl methyl sites for hydroxylation is 2. The molecular formula is C17H27NO2. The molecule has 3 heteroatoms. The van der Waals surface area contributed by atoms with Crippen LogP contribution in [0.25, 0.3) is 0 Å². The molecule has 2 rings (SSSR count). The van der Waals surface area contributed by atoms with Gasteiger partial charge < -0.3 is 9.84 Å². The highest BCUT2D eigenvalue weighted by molar-refractivity contribution is 5.32. The van der Waals surface area contributed by atoms with Gasteiger partial charge in [-0.2, -0.15) is 0 Å². The van der Waals surface area contributed by atoms with Crippen LogP contribution in [0.5, 0.6) is 5.75 Å². The third-order valence-electron chi connectivity index (χ3n) is 4.04. The molecule has 0 saturated heterocycles. The molecule has 3 nitrogen and oxygen atoms in total. The van der Waals surface area contributed by atoms with Crippen molar-refractivity contribution in [2.24, 2.45) is 0 Å². The van der Waals surface area contributed by atoms with E-state index in [1.165, 1.54) is 30.4 Å². The van der Waals surface area contributed by atoms with Crippen molar-refractivity contribution in [3.05, 3.63) is 29.3 Å². The molecule has 1 aromatic carbocycles.